The van der Waals surface area contributed by atoms with Crippen molar-refractivity contribution in [1.29, 1.82) is 0 Å². The Morgan fingerprint density at radius 2 is 2.10 bits per heavy atom. The summed E-state index contributed by atoms with van der Waals surface area (Å²) in [4.78, 5) is 29.0. The van der Waals surface area contributed by atoms with E-state index in [-0.39, 0.29) is 24.3 Å². The van der Waals surface area contributed by atoms with Gasteiger partial charge in [-0.2, -0.15) is 0 Å². The number of carbonyl (C=O) groups is 2. The minimum atomic E-state index is -1.08. The fourth-order valence-corrected chi connectivity index (χ4v) is 4.82. The molecule has 1 saturated heterocycles. The number of morpholine rings is 1. The van der Waals surface area contributed by atoms with Crippen molar-refractivity contribution in [1.82, 2.24) is 10.2 Å². The largest absolute Gasteiger partial charge is 0.361 e. The number of nitrogens with one attached hydrogen (secondary N) is 1. The van der Waals surface area contributed by atoms with Gasteiger partial charge in [0.25, 0.3) is 5.91 Å². The van der Waals surface area contributed by atoms with Crippen LogP contribution < -0.4 is 5.32 Å². The number of rotatable bonds is 7. The Morgan fingerprint density at radius 3 is 2.73 bits per heavy atom. The Labute approximate surface area is 181 Å². The topological polar surface area (TPSA) is 58.6 Å². The van der Waals surface area contributed by atoms with Crippen LogP contribution in [0.5, 0.6) is 0 Å². The van der Waals surface area contributed by atoms with Gasteiger partial charge >= 0.3 is 0 Å². The molecule has 1 aliphatic carbocycles. The van der Waals surface area contributed by atoms with Crippen molar-refractivity contribution in [3.63, 3.8) is 0 Å². The van der Waals surface area contributed by atoms with Crippen LogP contribution in [0.4, 0.5) is 0 Å². The minimum Gasteiger partial charge on any atom is -0.361 e. The van der Waals surface area contributed by atoms with E-state index < -0.39 is 5.60 Å². The molecule has 2 fully saturated rings. The summed E-state index contributed by atoms with van der Waals surface area (Å²) >= 11 is 1.70. The monoisotopic (exact) mass is 424 g/mol. The van der Waals surface area contributed by atoms with E-state index in [2.05, 4.69) is 42.4 Å². The second-order valence-corrected chi connectivity index (χ2v) is 9.22. The van der Waals surface area contributed by atoms with Crippen LogP contribution >= 0.6 is 11.3 Å². The maximum absolute atomic E-state index is 13.1. The Balaban J connectivity index is 1.55. The van der Waals surface area contributed by atoms with Crippen LogP contribution in [0.2, 0.25) is 0 Å². The van der Waals surface area contributed by atoms with Crippen molar-refractivity contribution in [3.8, 4) is 10.4 Å². The summed E-state index contributed by atoms with van der Waals surface area (Å²) in [7, 11) is 0. The number of carbonyl (C=O) groups excluding carboxylic acids is 2. The number of hydrogen-bond acceptors (Lipinski definition) is 4. The van der Waals surface area contributed by atoms with Gasteiger partial charge in [-0.25, -0.2) is 0 Å². The lowest BCUT2D eigenvalue weighted by molar-refractivity contribution is -0.166. The van der Waals surface area contributed by atoms with E-state index in [1.807, 2.05) is 23.1 Å². The highest BCUT2D eigenvalue weighted by atomic mass is 32.1. The molecule has 0 spiro atoms. The van der Waals surface area contributed by atoms with Gasteiger partial charge in [0, 0.05) is 30.3 Å². The lowest BCUT2D eigenvalue weighted by atomic mass is 9.90. The van der Waals surface area contributed by atoms with Crippen molar-refractivity contribution in [2.45, 2.75) is 25.4 Å². The molecule has 1 aliphatic heterocycles. The van der Waals surface area contributed by atoms with Gasteiger partial charge in [0.05, 0.1) is 13.2 Å². The molecule has 2 amide bonds. The molecule has 5 nitrogen and oxygen atoms in total. The normalized spacial score (nSPS) is 25.6. The zero-order valence-electron chi connectivity index (χ0n) is 17.3. The summed E-state index contributed by atoms with van der Waals surface area (Å²) in [6.45, 7) is 7.33. The van der Waals surface area contributed by atoms with E-state index in [4.69, 9.17) is 4.74 Å². The van der Waals surface area contributed by atoms with E-state index in [0.717, 1.165) is 17.5 Å². The van der Waals surface area contributed by atoms with Gasteiger partial charge in [-0.1, -0.05) is 43.3 Å². The third kappa shape index (κ3) is 4.35. The van der Waals surface area contributed by atoms with Gasteiger partial charge in [-0.15, -0.1) is 17.9 Å². The fraction of sp³-hybridized carbons (Fsp3) is 0.417. The first-order chi connectivity index (χ1) is 14.5. The molecule has 1 N–H and O–H groups in total. The molecule has 1 aromatic carbocycles. The summed E-state index contributed by atoms with van der Waals surface area (Å²) in [6, 6.07) is 12.4. The highest BCUT2D eigenvalue weighted by molar-refractivity contribution is 7.13. The smallest absolute Gasteiger partial charge is 0.254 e. The van der Waals surface area contributed by atoms with Crippen molar-refractivity contribution >= 4 is 23.2 Å². The molecule has 4 rings (SSSR count). The molecule has 158 valence electrons. The van der Waals surface area contributed by atoms with Gasteiger partial charge in [-0.3, -0.25) is 9.59 Å². The number of benzene rings is 1. The second-order valence-electron chi connectivity index (χ2n) is 8.27. The van der Waals surface area contributed by atoms with E-state index in [0.29, 0.717) is 32.0 Å². The van der Waals surface area contributed by atoms with Gasteiger partial charge in [0.1, 0.15) is 0 Å². The average Bonchev–Trinajstić information content (AvgIpc) is 3.25. The van der Waals surface area contributed by atoms with Crippen LogP contribution in [0.1, 0.15) is 18.9 Å². The van der Waals surface area contributed by atoms with Gasteiger partial charge in [0.2, 0.25) is 5.91 Å². The quantitative estimate of drug-likeness (QED) is 0.692. The third-order valence-corrected chi connectivity index (χ3v) is 6.91. The minimum absolute atomic E-state index is 0.0992. The molecule has 2 aliphatic rings. The first kappa shape index (κ1) is 20.8. The highest BCUT2D eigenvalue weighted by Gasteiger charge is 2.48. The highest BCUT2D eigenvalue weighted by Crippen LogP contribution is 2.40. The first-order valence-corrected chi connectivity index (χ1v) is 11.3. The SMILES string of the molecule is C=CCNC(=O)[C@]1(Cc2ccc(-c3cccs3)cc2)CN(C(=O)[C@H]2C[C@H]2C)CCO1. The molecule has 30 heavy (non-hydrogen) atoms. The van der Waals surface area contributed by atoms with Crippen molar-refractivity contribution < 1.29 is 14.3 Å². The standard InChI is InChI=1S/C24H28N2O3S/c1-3-10-25-23(28)24(16-26(11-12-29-24)22(27)20-14-17(20)2)15-18-6-8-19(9-7-18)21-5-4-13-30-21/h3-9,13,17,20H,1,10-12,14-16H2,2H3,(H,25,28)/t17-,20+,24+/m1/s1. The molecular formula is C24H28N2O3S. The Morgan fingerprint density at radius 1 is 1.33 bits per heavy atom. The fourth-order valence-electron chi connectivity index (χ4n) is 4.08. The van der Waals surface area contributed by atoms with Crippen LogP contribution in [0.3, 0.4) is 0 Å². The molecule has 0 unspecified atom stereocenters. The zero-order valence-corrected chi connectivity index (χ0v) is 18.1. The molecular weight excluding hydrogens is 396 g/mol. The number of ether oxygens (including phenoxy) is 1. The molecule has 1 saturated carbocycles. The summed E-state index contributed by atoms with van der Waals surface area (Å²) in [6.07, 6.45) is 3.01. The molecule has 3 atom stereocenters. The second kappa shape index (κ2) is 8.74. The lowest BCUT2D eigenvalue weighted by Gasteiger charge is -2.42. The van der Waals surface area contributed by atoms with Gasteiger partial charge < -0.3 is 15.0 Å². The first-order valence-electron chi connectivity index (χ1n) is 10.5. The van der Waals surface area contributed by atoms with Crippen molar-refractivity contribution in [2.24, 2.45) is 11.8 Å². The Hall–Kier alpha value is -2.44. The van der Waals surface area contributed by atoms with E-state index in [9.17, 15) is 9.59 Å². The third-order valence-electron chi connectivity index (χ3n) is 5.99. The summed E-state index contributed by atoms with van der Waals surface area (Å²) in [5.74, 6) is 0.502. The predicted octanol–water partition coefficient (Wildman–Crippen LogP) is 3.51. The molecule has 2 heterocycles. The van der Waals surface area contributed by atoms with Gasteiger partial charge in [0.15, 0.2) is 5.60 Å². The number of hydrogen-bond donors (Lipinski definition) is 1. The molecule has 2 aromatic rings. The number of thiophene rings is 1. The summed E-state index contributed by atoms with van der Waals surface area (Å²) in [5.41, 5.74) is 1.08. The summed E-state index contributed by atoms with van der Waals surface area (Å²) in [5, 5.41) is 4.95. The molecule has 6 heteroatoms. The van der Waals surface area contributed by atoms with Crippen LogP contribution in [0, 0.1) is 11.8 Å². The van der Waals surface area contributed by atoms with E-state index in [1.54, 1.807) is 17.4 Å². The Bertz CT molecular complexity index is 909. The predicted molar refractivity (Wildman–Crippen MR) is 119 cm³/mol. The number of amides is 2. The van der Waals surface area contributed by atoms with E-state index in [1.165, 1.54) is 4.88 Å². The maximum atomic E-state index is 13.1. The van der Waals surface area contributed by atoms with Crippen molar-refractivity contribution in [3.05, 3.63) is 60.0 Å². The van der Waals surface area contributed by atoms with Crippen LogP contribution in [0.25, 0.3) is 10.4 Å². The average molecular weight is 425 g/mol. The summed E-state index contributed by atoms with van der Waals surface area (Å²) < 4.78 is 6.10. The van der Waals surface area contributed by atoms with Crippen LogP contribution in [0.15, 0.2) is 54.4 Å². The lowest BCUT2D eigenvalue weighted by Crippen LogP contribution is -2.62. The van der Waals surface area contributed by atoms with E-state index >= 15 is 0 Å². The molecule has 0 bridgehead atoms. The van der Waals surface area contributed by atoms with Crippen LogP contribution in [-0.2, 0) is 20.7 Å². The molecule has 0 radical (unpaired) electrons. The number of nitrogens with zero attached hydrogens (tertiary/aromatic N) is 1. The molecule has 1 aromatic heterocycles. The van der Waals surface area contributed by atoms with Crippen molar-refractivity contribution in [2.75, 3.05) is 26.2 Å². The van der Waals surface area contributed by atoms with Crippen LogP contribution in [-0.4, -0.2) is 48.6 Å². The maximum Gasteiger partial charge on any atom is 0.254 e. The zero-order chi connectivity index (χ0) is 21.1. The Kier molecular flexibility index (Phi) is 6.06. The van der Waals surface area contributed by atoms with Gasteiger partial charge in [-0.05, 0) is 34.9 Å².